The molecular formula is C15H18N2O4. The van der Waals surface area contributed by atoms with Crippen molar-refractivity contribution in [1.82, 2.24) is 4.90 Å². The fraction of sp³-hybridized carbons (Fsp3) is 0.467. The van der Waals surface area contributed by atoms with Crippen LogP contribution in [0.25, 0.3) is 0 Å². The third kappa shape index (κ3) is 3.09. The molecule has 6 heteroatoms. The summed E-state index contributed by atoms with van der Waals surface area (Å²) in [4.78, 5) is 24.6. The number of carboxylic acids is 1. The van der Waals surface area contributed by atoms with Gasteiger partial charge in [0.05, 0.1) is 0 Å². The van der Waals surface area contributed by atoms with E-state index in [4.69, 9.17) is 9.84 Å². The number of rotatable bonds is 4. The summed E-state index contributed by atoms with van der Waals surface area (Å²) in [5.74, 6) is 0.0571. The summed E-state index contributed by atoms with van der Waals surface area (Å²) in [6, 6.07) is 7.08. The summed E-state index contributed by atoms with van der Waals surface area (Å²) in [5, 5.41) is 11.4. The predicted octanol–water partition coefficient (Wildman–Crippen LogP) is 2.17. The Morgan fingerprint density at radius 1 is 1.38 bits per heavy atom. The Morgan fingerprint density at radius 3 is 2.90 bits per heavy atom. The van der Waals surface area contributed by atoms with Gasteiger partial charge in [0.15, 0.2) is 6.61 Å². The van der Waals surface area contributed by atoms with Crippen molar-refractivity contribution in [2.75, 3.05) is 18.5 Å². The van der Waals surface area contributed by atoms with Gasteiger partial charge in [-0.15, -0.1) is 0 Å². The molecule has 1 saturated carbocycles. The molecule has 2 amide bonds. The summed E-state index contributed by atoms with van der Waals surface area (Å²) in [7, 11) is 0. The molecule has 2 aliphatic rings. The molecule has 2 bridgehead atoms. The minimum absolute atomic E-state index is 0.0856. The predicted molar refractivity (Wildman–Crippen MR) is 76.4 cm³/mol. The van der Waals surface area contributed by atoms with Crippen LogP contribution in [-0.2, 0) is 4.79 Å². The molecule has 2 atom stereocenters. The summed E-state index contributed by atoms with van der Waals surface area (Å²) >= 11 is 0. The van der Waals surface area contributed by atoms with Gasteiger partial charge in [0.2, 0.25) is 0 Å². The van der Waals surface area contributed by atoms with Gasteiger partial charge in [0, 0.05) is 24.3 Å². The molecule has 0 spiro atoms. The third-order valence-corrected chi connectivity index (χ3v) is 4.12. The molecule has 3 rings (SSSR count). The monoisotopic (exact) mass is 290 g/mol. The van der Waals surface area contributed by atoms with Crippen LogP contribution in [0.15, 0.2) is 24.3 Å². The van der Waals surface area contributed by atoms with Crippen LogP contribution in [0.2, 0.25) is 0 Å². The van der Waals surface area contributed by atoms with Crippen molar-refractivity contribution in [3.63, 3.8) is 0 Å². The number of aliphatic carboxylic acids is 1. The Morgan fingerprint density at radius 2 is 2.24 bits per heavy atom. The second-order valence-electron chi connectivity index (χ2n) is 5.63. The molecule has 0 radical (unpaired) electrons. The first-order valence-corrected chi connectivity index (χ1v) is 7.14. The summed E-state index contributed by atoms with van der Waals surface area (Å²) in [6.07, 6.45) is 3.45. The Hall–Kier alpha value is -2.24. The van der Waals surface area contributed by atoms with Crippen molar-refractivity contribution < 1.29 is 19.4 Å². The van der Waals surface area contributed by atoms with Crippen molar-refractivity contribution in [3.8, 4) is 5.75 Å². The van der Waals surface area contributed by atoms with E-state index in [-0.39, 0.29) is 6.03 Å². The Balaban J connectivity index is 1.60. The lowest BCUT2D eigenvalue weighted by Gasteiger charge is -2.27. The topological polar surface area (TPSA) is 78.9 Å². The fourth-order valence-corrected chi connectivity index (χ4v) is 3.18. The van der Waals surface area contributed by atoms with Crippen LogP contribution in [-0.4, -0.2) is 41.2 Å². The Labute approximate surface area is 122 Å². The van der Waals surface area contributed by atoms with Crippen molar-refractivity contribution in [2.45, 2.75) is 25.3 Å². The highest BCUT2D eigenvalue weighted by atomic mass is 16.5. The van der Waals surface area contributed by atoms with Gasteiger partial charge in [-0.2, -0.15) is 0 Å². The van der Waals surface area contributed by atoms with E-state index in [0.29, 0.717) is 23.4 Å². The normalized spacial score (nSPS) is 23.1. The van der Waals surface area contributed by atoms with Crippen molar-refractivity contribution in [3.05, 3.63) is 24.3 Å². The molecule has 1 heterocycles. The first kappa shape index (κ1) is 13.7. The smallest absolute Gasteiger partial charge is 0.341 e. The van der Waals surface area contributed by atoms with Crippen LogP contribution in [0.1, 0.15) is 19.3 Å². The number of ether oxygens (including phenoxy) is 1. The molecular weight excluding hydrogens is 272 g/mol. The highest BCUT2D eigenvalue weighted by Gasteiger charge is 2.40. The Kier molecular flexibility index (Phi) is 3.68. The third-order valence-electron chi connectivity index (χ3n) is 4.12. The molecule has 1 aliphatic carbocycles. The summed E-state index contributed by atoms with van der Waals surface area (Å²) in [6.45, 7) is 0.443. The molecule has 2 fully saturated rings. The first-order chi connectivity index (χ1) is 10.1. The maximum atomic E-state index is 12.3. The number of nitrogens with one attached hydrogen (secondary N) is 1. The zero-order valence-corrected chi connectivity index (χ0v) is 11.6. The number of carbonyl (C=O) groups is 2. The summed E-state index contributed by atoms with van der Waals surface area (Å²) < 4.78 is 5.10. The number of nitrogens with zero attached hydrogens (tertiary/aromatic N) is 1. The molecule has 2 unspecified atom stereocenters. The van der Waals surface area contributed by atoms with Crippen LogP contribution >= 0.6 is 0 Å². The number of carboxylic acid groups (broad SMARTS) is 1. The molecule has 1 aliphatic heterocycles. The molecule has 1 aromatic rings. The van der Waals surface area contributed by atoms with E-state index in [1.54, 1.807) is 24.3 Å². The van der Waals surface area contributed by atoms with E-state index in [1.807, 2.05) is 4.90 Å². The number of hydrogen-bond donors (Lipinski definition) is 2. The number of benzene rings is 1. The average Bonchev–Trinajstić information content (AvgIpc) is 3.08. The van der Waals surface area contributed by atoms with Crippen molar-refractivity contribution in [1.29, 1.82) is 0 Å². The molecule has 112 valence electrons. The van der Waals surface area contributed by atoms with E-state index in [2.05, 4.69) is 5.32 Å². The number of fused-ring (bicyclic) bond motifs is 2. The number of likely N-dealkylation sites (tertiary alicyclic amines) is 1. The molecule has 1 aromatic carbocycles. The second-order valence-corrected chi connectivity index (χ2v) is 5.63. The SMILES string of the molecule is O=C(O)COc1cccc(NC(=O)N2CC3CCC2C3)c1. The average molecular weight is 290 g/mol. The number of urea groups is 1. The Bertz CT molecular complexity index is 560. The van der Waals surface area contributed by atoms with E-state index in [0.717, 1.165) is 19.4 Å². The van der Waals surface area contributed by atoms with E-state index < -0.39 is 12.6 Å². The lowest BCUT2D eigenvalue weighted by Crippen LogP contribution is -2.40. The van der Waals surface area contributed by atoms with E-state index in [1.165, 1.54) is 6.42 Å². The molecule has 2 N–H and O–H groups in total. The number of amides is 2. The lowest BCUT2D eigenvalue weighted by atomic mass is 10.1. The molecule has 1 saturated heterocycles. The lowest BCUT2D eigenvalue weighted by molar-refractivity contribution is -0.139. The largest absolute Gasteiger partial charge is 0.482 e. The van der Waals surface area contributed by atoms with Crippen LogP contribution in [0.5, 0.6) is 5.75 Å². The van der Waals surface area contributed by atoms with Crippen LogP contribution in [0.3, 0.4) is 0 Å². The van der Waals surface area contributed by atoms with Crippen molar-refractivity contribution in [2.24, 2.45) is 5.92 Å². The molecule has 0 aromatic heterocycles. The highest BCUT2D eigenvalue weighted by Crippen LogP contribution is 2.37. The quantitative estimate of drug-likeness (QED) is 0.890. The molecule has 6 nitrogen and oxygen atoms in total. The van der Waals surface area contributed by atoms with Gasteiger partial charge in [0.25, 0.3) is 0 Å². The van der Waals surface area contributed by atoms with Gasteiger partial charge in [-0.05, 0) is 37.3 Å². The fourth-order valence-electron chi connectivity index (χ4n) is 3.18. The first-order valence-electron chi connectivity index (χ1n) is 7.14. The standard InChI is InChI=1S/C15H18N2O4/c18-14(19)9-21-13-3-1-2-11(7-13)16-15(20)17-8-10-4-5-12(17)6-10/h1-3,7,10,12H,4-6,8-9H2,(H,16,20)(H,18,19). The van der Waals surface area contributed by atoms with Gasteiger partial charge in [0.1, 0.15) is 5.75 Å². The zero-order chi connectivity index (χ0) is 14.8. The van der Waals surface area contributed by atoms with Gasteiger partial charge >= 0.3 is 12.0 Å². The minimum Gasteiger partial charge on any atom is -0.482 e. The van der Waals surface area contributed by atoms with Gasteiger partial charge in [-0.25, -0.2) is 9.59 Å². The summed E-state index contributed by atoms with van der Waals surface area (Å²) in [5.41, 5.74) is 0.616. The highest BCUT2D eigenvalue weighted by molar-refractivity contribution is 5.90. The zero-order valence-electron chi connectivity index (χ0n) is 11.6. The van der Waals surface area contributed by atoms with E-state index in [9.17, 15) is 9.59 Å². The number of carbonyl (C=O) groups excluding carboxylic acids is 1. The van der Waals surface area contributed by atoms with E-state index >= 15 is 0 Å². The number of piperidine rings is 1. The van der Waals surface area contributed by atoms with Crippen molar-refractivity contribution >= 4 is 17.7 Å². The van der Waals surface area contributed by atoms with Crippen LogP contribution < -0.4 is 10.1 Å². The van der Waals surface area contributed by atoms with Gasteiger partial charge < -0.3 is 20.1 Å². The second kappa shape index (κ2) is 5.63. The molecule has 21 heavy (non-hydrogen) atoms. The maximum Gasteiger partial charge on any atom is 0.341 e. The van der Waals surface area contributed by atoms with Crippen LogP contribution in [0.4, 0.5) is 10.5 Å². The number of anilines is 1. The number of hydrogen-bond acceptors (Lipinski definition) is 3. The van der Waals surface area contributed by atoms with Gasteiger partial charge in [-0.1, -0.05) is 6.07 Å². The maximum absolute atomic E-state index is 12.3. The van der Waals surface area contributed by atoms with Crippen LogP contribution in [0, 0.1) is 5.92 Å². The minimum atomic E-state index is -1.03. The van der Waals surface area contributed by atoms with Gasteiger partial charge in [-0.3, -0.25) is 0 Å².